The Kier molecular flexibility index (Phi) is 5.22. The number of ether oxygens (including phenoxy) is 3. The van der Waals surface area contributed by atoms with Crippen molar-refractivity contribution in [2.24, 2.45) is 4.99 Å². The zero-order valence-corrected chi connectivity index (χ0v) is 14.3. The van der Waals surface area contributed by atoms with E-state index in [0.29, 0.717) is 24.9 Å². The first-order chi connectivity index (χ1) is 10.0. The molecule has 0 saturated heterocycles. The van der Waals surface area contributed by atoms with Crippen LogP contribution in [-0.4, -0.2) is 25.1 Å². The zero-order valence-electron chi connectivity index (χ0n) is 12.1. The minimum Gasteiger partial charge on any atom is -0.490 e. The van der Waals surface area contributed by atoms with Crippen LogP contribution in [0.2, 0.25) is 0 Å². The van der Waals surface area contributed by atoms with E-state index in [1.54, 1.807) is 13.0 Å². The number of esters is 1. The Morgan fingerprint density at radius 2 is 2.00 bits per heavy atom. The first-order valence-electron chi connectivity index (χ1n) is 6.63. The lowest BCUT2D eigenvalue weighted by atomic mass is 10.1. The summed E-state index contributed by atoms with van der Waals surface area (Å²) in [6, 6.07) is 3.75. The van der Waals surface area contributed by atoms with Gasteiger partial charge in [-0.05, 0) is 60.2 Å². The molecule has 6 heteroatoms. The van der Waals surface area contributed by atoms with Crippen LogP contribution in [0.3, 0.4) is 0 Å². The number of cyclic esters (lactones) is 1. The average Bonchev–Trinajstić information content (AvgIpc) is 2.72. The molecule has 1 aromatic rings. The van der Waals surface area contributed by atoms with Crippen LogP contribution in [0.5, 0.6) is 11.5 Å². The second kappa shape index (κ2) is 6.93. The highest BCUT2D eigenvalue weighted by Crippen LogP contribution is 2.35. The molecular formula is C15H16INO4. The monoisotopic (exact) mass is 401 g/mol. The highest BCUT2D eigenvalue weighted by atomic mass is 127. The lowest BCUT2D eigenvalue weighted by molar-refractivity contribution is -0.130. The fraction of sp³-hybridized carbons (Fsp3) is 0.333. The van der Waals surface area contributed by atoms with Gasteiger partial charge in [-0.25, -0.2) is 9.79 Å². The second-order valence-corrected chi connectivity index (χ2v) is 5.41. The Bertz CT molecular complexity index is 622. The van der Waals surface area contributed by atoms with Gasteiger partial charge in [0.2, 0.25) is 0 Å². The van der Waals surface area contributed by atoms with Gasteiger partial charge in [0.25, 0.3) is 0 Å². The molecule has 0 radical (unpaired) electrons. The Labute approximate surface area is 137 Å². The summed E-state index contributed by atoms with van der Waals surface area (Å²) in [5.41, 5.74) is 1.10. The maximum absolute atomic E-state index is 11.6. The van der Waals surface area contributed by atoms with Crippen LogP contribution in [0.25, 0.3) is 6.08 Å². The topological polar surface area (TPSA) is 57.1 Å². The van der Waals surface area contributed by atoms with Crippen LogP contribution in [0, 0.1) is 3.57 Å². The summed E-state index contributed by atoms with van der Waals surface area (Å²) in [4.78, 5) is 15.7. The van der Waals surface area contributed by atoms with Gasteiger partial charge in [0.15, 0.2) is 23.1 Å². The van der Waals surface area contributed by atoms with Gasteiger partial charge in [0, 0.05) is 6.92 Å². The van der Waals surface area contributed by atoms with Gasteiger partial charge < -0.3 is 14.2 Å². The van der Waals surface area contributed by atoms with Crippen LogP contribution >= 0.6 is 22.6 Å². The van der Waals surface area contributed by atoms with E-state index >= 15 is 0 Å². The molecule has 0 atom stereocenters. The molecule has 1 heterocycles. The third-order valence-corrected chi connectivity index (χ3v) is 3.45. The first kappa shape index (κ1) is 15.8. The molecule has 0 fully saturated rings. The molecule has 1 aliphatic rings. The van der Waals surface area contributed by atoms with Gasteiger partial charge >= 0.3 is 5.97 Å². The van der Waals surface area contributed by atoms with Gasteiger partial charge in [-0.3, -0.25) is 0 Å². The van der Waals surface area contributed by atoms with Crippen LogP contribution in [0.4, 0.5) is 0 Å². The van der Waals surface area contributed by atoms with Gasteiger partial charge in [-0.1, -0.05) is 0 Å². The smallest absolute Gasteiger partial charge is 0.363 e. The Morgan fingerprint density at radius 1 is 1.29 bits per heavy atom. The maximum atomic E-state index is 11.6. The minimum atomic E-state index is -0.436. The number of carbonyl (C=O) groups excluding carboxylic acids is 1. The van der Waals surface area contributed by atoms with Crippen molar-refractivity contribution in [1.29, 1.82) is 0 Å². The highest BCUT2D eigenvalue weighted by molar-refractivity contribution is 14.1. The fourth-order valence-corrected chi connectivity index (χ4v) is 2.67. The maximum Gasteiger partial charge on any atom is 0.363 e. The number of hydrogen-bond donors (Lipinski definition) is 0. The molecule has 21 heavy (non-hydrogen) atoms. The van der Waals surface area contributed by atoms with Crippen molar-refractivity contribution in [1.82, 2.24) is 0 Å². The molecule has 0 spiro atoms. The molecule has 5 nitrogen and oxygen atoms in total. The average molecular weight is 401 g/mol. The number of hydrogen-bond acceptors (Lipinski definition) is 5. The predicted octanol–water partition coefficient (Wildman–Crippen LogP) is 3.40. The van der Waals surface area contributed by atoms with E-state index < -0.39 is 5.97 Å². The molecule has 1 aromatic carbocycles. The predicted molar refractivity (Wildman–Crippen MR) is 88.7 cm³/mol. The summed E-state index contributed by atoms with van der Waals surface area (Å²) >= 11 is 2.18. The van der Waals surface area contributed by atoms with Gasteiger partial charge in [0.1, 0.15) is 0 Å². The number of halogens is 1. The molecule has 112 valence electrons. The van der Waals surface area contributed by atoms with E-state index in [4.69, 9.17) is 14.2 Å². The van der Waals surface area contributed by atoms with E-state index in [-0.39, 0.29) is 5.70 Å². The number of aliphatic imine (C=N–C) groups is 1. The third-order valence-electron chi connectivity index (χ3n) is 2.65. The van der Waals surface area contributed by atoms with Crippen molar-refractivity contribution in [3.05, 3.63) is 27.0 Å². The van der Waals surface area contributed by atoms with Crippen molar-refractivity contribution in [2.45, 2.75) is 20.8 Å². The van der Waals surface area contributed by atoms with Gasteiger partial charge in [-0.2, -0.15) is 0 Å². The fourth-order valence-electron chi connectivity index (χ4n) is 1.89. The van der Waals surface area contributed by atoms with Crippen LogP contribution in [0.1, 0.15) is 26.3 Å². The molecule has 0 aliphatic carbocycles. The summed E-state index contributed by atoms with van der Waals surface area (Å²) < 4.78 is 17.0. The van der Waals surface area contributed by atoms with Crippen molar-refractivity contribution < 1.29 is 19.0 Å². The van der Waals surface area contributed by atoms with Crippen molar-refractivity contribution >= 4 is 40.5 Å². The lowest BCUT2D eigenvalue weighted by Crippen LogP contribution is -2.02. The van der Waals surface area contributed by atoms with E-state index in [0.717, 1.165) is 14.9 Å². The summed E-state index contributed by atoms with van der Waals surface area (Å²) in [6.45, 7) is 6.58. The molecule has 0 aromatic heterocycles. The largest absolute Gasteiger partial charge is 0.490 e. The standard InChI is InChI=1S/C15H16INO4/c1-4-19-13-8-10(6-11(16)14(13)20-5-2)7-12-15(18)21-9(3)17-12/h6-8H,4-5H2,1-3H3/b12-7-. The van der Waals surface area contributed by atoms with Gasteiger partial charge in [-0.15, -0.1) is 0 Å². The van der Waals surface area contributed by atoms with E-state index in [1.807, 2.05) is 26.0 Å². The lowest BCUT2D eigenvalue weighted by Gasteiger charge is -2.13. The van der Waals surface area contributed by atoms with Crippen molar-refractivity contribution in [3.8, 4) is 11.5 Å². The SMILES string of the molecule is CCOc1cc(/C=C2\N=C(C)OC2=O)cc(I)c1OCC. The summed E-state index contributed by atoms with van der Waals surface area (Å²) in [6.07, 6.45) is 1.68. The van der Waals surface area contributed by atoms with E-state index in [1.165, 1.54) is 0 Å². The molecule has 0 saturated carbocycles. The highest BCUT2D eigenvalue weighted by Gasteiger charge is 2.20. The Hall–Kier alpha value is -1.57. The summed E-state index contributed by atoms with van der Waals surface area (Å²) in [5, 5.41) is 0. The molecule has 0 N–H and O–H groups in total. The number of benzene rings is 1. The van der Waals surface area contributed by atoms with Crippen LogP contribution < -0.4 is 9.47 Å². The number of nitrogens with zero attached hydrogens (tertiary/aromatic N) is 1. The van der Waals surface area contributed by atoms with Crippen molar-refractivity contribution in [3.63, 3.8) is 0 Å². The molecule has 0 unspecified atom stereocenters. The first-order valence-corrected chi connectivity index (χ1v) is 7.71. The van der Waals surface area contributed by atoms with Gasteiger partial charge in [0.05, 0.1) is 16.8 Å². The van der Waals surface area contributed by atoms with Crippen LogP contribution in [-0.2, 0) is 9.53 Å². The second-order valence-electron chi connectivity index (χ2n) is 4.25. The quantitative estimate of drug-likeness (QED) is 0.431. The van der Waals surface area contributed by atoms with E-state index in [9.17, 15) is 4.79 Å². The third kappa shape index (κ3) is 3.75. The zero-order chi connectivity index (χ0) is 15.4. The Balaban J connectivity index is 2.42. The minimum absolute atomic E-state index is 0.287. The Morgan fingerprint density at radius 3 is 2.57 bits per heavy atom. The molecular weight excluding hydrogens is 385 g/mol. The molecule has 0 bridgehead atoms. The van der Waals surface area contributed by atoms with Crippen molar-refractivity contribution in [2.75, 3.05) is 13.2 Å². The van der Waals surface area contributed by atoms with E-state index in [2.05, 4.69) is 27.6 Å². The molecule has 1 aliphatic heterocycles. The summed E-state index contributed by atoms with van der Waals surface area (Å²) in [7, 11) is 0. The summed E-state index contributed by atoms with van der Waals surface area (Å²) in [5.74, 6) is 1.30. The molecule has 2 rings (SSSR count). The number of carbonyl (C=O) groups is 1. The molecule has 0 amide bonds. The normalized spacial score (nSPS) is 15.9. The van der Waals surface area contributed by atoms with Crippen LogP contribution in [0.15, 0.2) is 22.8 Å². The number of rotatable bonds is 5.